The van der Waals surface area contributed by atoms with E-state index in [1.165, 1.54) is 6.07 Å². The molecule has 1 N–H and O–H groups in total. The Labute approximate surface area is 145 Å². The smallest absolute Gasteiger partial charge is 0.135 e. The summed E-state index contributed by atoms with van der Waals surface area (Å²) in [6.07, 6.45) is 1.34. The number of rotatable bonds is 2. The molecular weight excluding hydrogens is 317 g/mol. The molecule has 3 aromatic rings. The minimum absolute atomic E-state index is 0.314. The maximum Gasteiger partial charge on any atom is 0.135 e. The molecule has 1 aromatic heterocycles. The maximum atomic E-state index is 14.4. The molecule has 0 saturated carbocycles. The van der Waals surface area contributed by atoms with Crippen LogP contribution in [0.15, 0.2) is 53.7 Å². The number of hydrogen-bond acceptors (Lipinski definition) is 3. The number of aromatic nitrogens is 2. The fourth-order valence-electron chi connectivity index (χ4n) is 3.20. The summed E-state index contributed by atoms with van der Waals surface area (Å²) >= 11 is 0. The molecule has 0 saturated heterocycles. The van der Waals surface area contributed by atoms with Gasteiger partial charge in [0.1, 0.15) is 11.6 Å². The van der Waals surface area contributed by atoms with Gasteiger partial charge in [0.2, 0.25) is 0 Å². The molecule has 1 unspecified atom stereocenters. The third kappa shape index (κ3) is 2.66. The second-order valence-corrected chi connectivity index (χ2v) is 6.27. The summed E-state index contributed by atoms with van der Waals surface area (Å²) in [6.45, 7) is 4.02. The van der Waals surface area contributed by atoms with Crippen LogP contribution in [0.4, 0.5) is 4.39 Å². The van der Waals surface area contributed by atoms with E-state index in [0.717, 1.165) is 28.3 Å². The highest BCUT2D eigenvalue weighted by atomic mass is 19.1. The van der Waals surface area contributed by atoms with Gasteiger partial charge >= 0.3 is 0 Å². The van der Waals surface area contributed by atoms with Crippen LogP contribution in [0.25, 0.3) is 5.69 Å². The molecule has 1 aliphatic heterocycles. The fraction of sp³-hybridized carbons (Fsp3) is 0.200. The number of nitrogens with zero attached hydrogens (tertiary/aromatic N) is 3. The van der Waals surface area contributed by atoms with Gasteiger partial charge in [-0.3, -0.25) is 4.99 Å². The Kier molecular flexibility index (Phi) is 3.73. The minimum atomic E-state index is -0.612. The monoisotopic (exact) mass is 335 g/mol. The molecule has 5 heteroatoms. The molecule has 4 rings (SSSR count). The molecule has 0 aliphatic carbocycles. The molecule has 1 aliphatic rings. The SMILES string of the molecule is Cc1cn2c(n1)CN=C(c1ccccc1F)c1cc(C(C)O)ccc1-2. The number of aliphatic hydroxyl groups is 1. The van der Waals surface area contributed by atoms with Crippen molar-refractivity contribution in [3.8, 4) is 5.69 Å². The Morgan fingerprint density at radius 2 is 1.96 bits per heavy atom. The Morgan fingerprint density at radius 1 is 1.16 bits per heavy atom. The topological polar surface area (TPSA) is 50.4 Å². The predicted molar refractivity (Wildman–Crippen MR) is 94.7 cm³/mol. The summed E-state index contributed by atoms with van der Waals surface area (Å²) < 4.78 is 16.4. The van der Waals surface area contributed by atoms with Gasteiger partial charge < -0.3 is 9.67 Å². The molecule has 0 bridgehead atoms. The van der Waals surface area contributed by atoms with Crippen LogP contribution >= 0.6 is 0 Å². The zero-order valence-electron chi connectivity index (χ0n) is 14.1. The van der Waals surface area contributed by atoms with E-state index in [2.05, 4.69) is 9.98 Å². The molecule has 2 heterocycles. The number of halogens is 1. The largest absolute Gasteiger partial charge is 0.389 e. The van der Waals surface area contributed by atoms with Gasteiger partial charge in [0.15, 0.2) is 0 Å². The van der Waals surface area contributed by atoms with Gasteiger partial charge in [0.05, 0.1) is 29.7 Å². The van der Waals surface area contributed by atoms with Crippen LogP contribution < -0.4 is 0 Å². The van der Waals surface area contributed by atoms with E-state index in [0.29, 0.717) is 17.8 Å². The van der Waals surface area contributed by atoms with E-state index in [9.17, 15) is 9.50 Å². The zero-order valence-corrected chi connectivity index (χ0v) is 14.1. The number of imidazole rings is 1. The van der Waals surface area contributed by atoms with Gasteiger partial charge in [-0.05, 0) is 43.7 Å². The van der Waals surface area contributed by atoms with Crippen molar-refractivity contribution >= 4 is 5.71 Å². The van der Waals surface area contributed by atoms with E-state index >= 15 is 0 Å². The van der Waals surface area contributed by atoms with E-state index in [1.54, 1.807) is 25.1 Å². The molecule has 0 fully saturated rings. The highest BCUT2D eigenvalue weighted by molar-refractivity contribution is 6.15. The van der Waals surface area contributed by atoms with Gasteiger partial charge in [-0.1, -0.05) is 18.2 Å². The second kappa shape index (κ2) is 5.93. The highest BCUT2D eigenvalue weighted by Gasteiger charge is 2.22. The van der Waals surface area contributed by atoms with Gasteiger partial charge in [-0.25, -0.2) is 9.37 Å². The van der Waals surface area contributed by atoms with Gasteiger partial charge in [-0.15, -0.1) is 0 Å². The lowest BCUT2D eigenvalue weighted by Gasteiger charge is -2.15. The molecule has 0 amide bonds. The van der Waals surface area contributed by atoms with Crippen molar-refractivity contribution < 1.29 is 9.50 Å². The molecule has 2 aromatic carbocycles. The van der Waals surface area contributed by atoms with Crippen LogP contribution in [0.3, 0.4) is 0 Å². The Balaban J connectivity index is 2.00. The first-order valence-electron chi connectivity index (χ1n) is 8.21. The minimum Gasteiger partial charge on any atom is -0.389 e. The molecule has 0 spiro atoms. The summed E-state index contributed by atoms with van der Waals surface area (Å²) in [5, 5.41) is 9.97. The Hall–Kier alpha value is -2.79. The van der Waals surface area contributed by atoms with Crippen molar-refractivity contribution in [3.05, 3.63) is 82.7 Å². The Bertz CT molecular complexity index is 988. The van der Waals surface area contributed by atoms with E-state index < -0.39 is 6.10 Å². The van der Waals surface area contributed by atoms with Gasteiger partial charge in [0.25, 0.3) is 0 Å². The average molecular weight is 335 g/mol. The van der Waals surface area contributed by atoms with Crippen LogP contribution in [0, 0.1) is 12.7 Å². The molecule has 0 radical (unpaired) electrons. The first kappa shape index (κ1) is 15.7. The Morgan fingerprint density at radius 3 is 2.72 bits per heavy atom. The van der Waals surface area contributed by atoms with Crippen molar-refractivity contribution in [3.63, 3.8) is 0 Å². The summed E-state index contributed by atoms with van der Waals surface area (Å²) in [4.78, 5) is 9.19. The zero-order chi connectivity index (χ0) is 17.6. The highest BCUT2D eigenvalue weighted by Crippen LogP contribution is 2.28. The maximum absolute atomic E-state index is 14.4. The van der Waals surface area contributed by atoms with Gasteiger partial charge in [0, 0.05) is 17.3 Å². The lowest BCUT2D eigenvalue weighted by atomic mass is 9.96. The number of hydrogen-bond donors (Lipinski definition) is 1. The van der Waals surface area contributed by atoms with E-state index in [-0.39, 0.29) is 5.82 Å². The quantitative estimate of drug-likeness (QED) is 0.776. The lowest BCUT2D eigenvalue weighted by Crippen LogP contribution is -2.10. The predicted octanol–water partition coefficient (Wildman–Crippen LogP) is 3.72. The van der Waals surface area contributed by atoms with Crippen molar-refractivity contribution in [1.29, 1.82) is 0 Å². The number of aliphatic imine (C=N–C) groups is 1. The van der Waals surface area contributed by atoms with Crippen molar-refractivity contribution in [2.45, 2.75) is 26.5 Å². The van der Waals surface area contributed by atoms with Crippen LogP contribution in [-0.4, -0.2) is 20.4 Å². The van der Waals surface area contributed by atoms with E-state index in [4.69, 9.17) is 0 Å². The fourth-order valence-corrected chi connectivity index (χ4v) is 3.20. The average Bonchev–Trinajstić information content (AvgIpc) is 2.90. The summed E-state index contributed by atoms with van der Waals surface area (Å²) in [7, 11) is 0. The van der Waals surface area contributed by atoms with Crippen LogP contribution in [-0.2, 0) is 6.54 Å². The number of aryl methyl sites for hydroxylation is 1. The first-order chi connectivity index (χ1) is 12.0. The molecule has 1 atom stereocenters. The molecule has 126 valence electrons. The molecule has 4 nitrogen and oxygen atoms in total. The number of aliphatic hydroxyl groups excluding tert-OH is 1. The molecule has 25 heavy (non-hydrogen) atoms. The second-order valence-electron chi connectivity index (χ2n) is 6.27. The number of fused-ring (bicyclic) bond motifs is 3. The van der Waals surface area contributed by atoms with Crippen molar-refractivity contribution in [1.82, 2.24) is 9.55 Å². The third-order valence-electron chi connectivity index (χ3n) is 4.42. The van der Waals surface area contributed by atoms with Crippen LogP contribution in [0.5, 0.6) is 0 Å². The van der Waals surface area contributed by atoms with Crippen molar-refractivity contribution in [2.75, 3.05) is 0 Å². The van der Waals surface area contributed by atoms with Crippen LogP contribution in [0.2, 0.25) is 0 Å². The lowest BCUT2D eigenvalue weighted by molar-refractivity contribution is 0.199. The standard InChI is InChI=1S/C20H18FN3O/c1-12-11-24-18-8-7-14(13(2)25)9-16(18)20(22-10-19(24)23-12)15-5-3-4-6-17(15)21/h3-9,11,13,25H,10H2,1-2H3. The first-order valence-corrected chi connectivity index (χ1v) is 8.21. The molecular formula is C20H18FN3O. The summed E-state index contributed by atoms with van der Waals surface area (Å²) in [5.74, 6) is 0.500. The normalized spacial score (nSPS) is 14.3. The van der Waals surface area contributed by atoms with E-state index in [1.807, 2.05) is 35.9 Å². The van der Waals surface area contributed by atoms with Gasteiger partial charge in [-0.2, -0.15) is 0 Å². The third-order valence-corrected chi connectivity index (χ3v) is 4.42. The van der Waals surface area contributed by atoms with Crippen LogP contribution in [0.1, 0.15) is 41.2 Å². The summed E-state index contributed by atoms with van der Waals surface area (Å²) in [5.41, 5.74) is 4.39. The number of benzene rings is 2. The van der Waals surface area contributed by atoms with Crippen molar-refractivity contribution in [2.24, 2.45) is 4.99 Å². The summed E-state index contributed by atoms with van der Waals surface area (Å²) in [6, 6.07) is 12.3.